The molecular formula is C20H23N7O2. The third-order valence-corrected chi connectivity index (χ3v) is 5.90. The maximum absolute atomic E-state index is 10.4. The molecule has 3 aromatic heterocycles. The summed E-state index contributed by atoms with van der Waals surface area (Å²) in [6, 6.07) is 5.11. The van der Waals surface area contributed by atoms with E-state index in [0.29, 0.717) is 23.0 Å². The summed E-state index contributed by atoms with van der Waals surface area (Å²) in [5, 5.41) is 30.2. The molecule has 0 aromatic carbocycles. The molecule has 2 aliphatic rings. The minimum Gasteiger partial charge on any atom is -0.506 e. The Balaban J connectivity index is 1.32. The molecule has 150 valence electrons. The van der Waals surface area contributed by atoms with Crippen LogP contribution >= 0.6 is 0 Å². The molecule has 9 nitrogen and oxygen atoms in total. The molecule has 0 radical (unpaired) electrons. The lowest BCUT2D eigenvalue weighted by Gasteiger charge is -2.41. The van der Waals surface area contributed by atoms with Crippen molar-refractivity contribution in [1.82, 2.24) is 35.5 Å². The number of aromatic hydroxyl groups is 1. The number of fused-ring (bicyclic) bond motifs is 2. The predicted octanol–water partition coefficient (Wildman–Crippen LogP) is 2.27. The molecule has 2 fully saturated rings. The molecule has 3 atom stereocenters. The van der Waals surface area contributed by atoms with Gasteiger partial charge in [-0.1, -0.05) is 5.21 Å². The van der Waals surface area contributed by atoms with Crippen molar-refractivity contribution < 1.29 is 9.84 Å². The molecule has 3 aromatic rings. The smallest absolute Gasteiger partial charge is 0.233 e. The van der Waals surface area contributed by atoms with Crippen LogP contribution in [0.4, 0.5) is 0 Å². The summed E-state index contributed by atoms with van der Waals surface area (Å²) in [5.74, 6) is 0.489. The number of aromatic nitrogens is 6. The Hall–Kier alpha value is -3.07. The van der Waals surface area contributed by atoms with E-state index < -0.39 is 0 Å². The minimum absolute atomic E-state index is 0.00301. The number of pyridine rings is 1. The van der Waals surface area contributed by atoms with Gasteiger partial charge in [-0.3, -0.25) is 0 Å². The van der Waals surface area contributed by atoms with E-state index in [1.807, 2.05) is 0 Å². The number of hydrogen-bond donors (Lipinski definition) is 2. The van der Waals surface area contributed by atoms with Gasteiger partial charge < -0.3 is 15.2 Å². The number of rotatable bonds is 4. The Morgan fingerprint density at radius 2 is 1.97 bits per heavy atom. The van der Waals surface area contributed by atoms with E-state index >= 15 is 0 Å². The molecule has 0 amide bonds. The van der Waals surface area contributed by atoms with Gasteiger partial charge in [-0.15, -0.1) is 15.3 Å². The quantitative estimate of drug-likeness (QED) is 0.694. The summed E-state index contributed by atoms with van der Waals surface area (Å²) in [7, 11) is 0. The van der Waals surface area contributed by atoms with Gasteiger partial charge in [0.15, 0.2) is 0 Å². The van der Waals surface area contributed by atoms with Crippen molar-refractivity contribution in [1.29, 1.82) is 0 Å². The molecule has 5 rings (SSSR count). The summed E-state index contributed by atoms with van der Waals surface area (Å²) in [6.07, 6.45) is 9.20. The van der Waals surface area contributed by atoms with Crippen LogP contribution in [-0.2, 0) is 0 Å². The average Bonchev–Trinajstić information content (AvgIpc) is 3.28. The maximum atomic E-state index is 10.4. The second kappa shape index (κ2) is 6.48. The Morgan fingerprint density at radius 1 is 1.17 bits per heavy atom. The third-order valence-electron chi connectivity index (χ3n) is 5.90. The lowest BCUT2D eigenvalue weighted by Crippen LogP contribution is -2.56. The third kappa shape index (κ3) is 3.42. The summed E-state index contributed by atoms with van der Waals surface area (Å²) < 4.78 is 7.66. The maximum Gasteiger partial charge on any atom is 0.233 e. The lowest BCUT2D eigenvalue weighted by atomic mass is 9.86. The first-order valence-electron chi connectivity index (χ1n) is 9.77. The fourth-order valence-corrected chi connectivity index (χ4v) is 4.66. The highest BCUT2D eigenvalue weighted by Gasteiger charge is 2.49. The lowest BCUT2D eigenvalue weighted by molar-refractivity contribution is 0.0754. The number of nitrogens with one attached hydrogen (secondary N) is 1. The van der Waals surface area contributed by atoms with E-state index in [1.165, 1.54) is 17.5 Å². The van der Waals surface area contributed by atoms with Crippen LogP contribution in [0.15, 0.2) is 36.8 Å². The first-order chi connectivity index (χ1) is 13.9. The largest absolute Gasteiger partial charge is 0.506 e. The Labute approximate surface area is 168 Å². The van der Waals surface area contributed by atoms with Crippen LogP contribution in [0, 0.1) is 0 Å². The number of ether oxygens (including phenoxy) is 1. The Kier molecular flexibility index (Phi) is 4.02. The van der Waals surface area contributed by atoms with Crippen molar-refractivity contribution in [3.05, 3.63) is 36.8 Å². The molecule has 0 aliphatic carbocycles. The van der Waals surface area contributed by atoms with Crippen LogP contribution in [0.3, 0.4) is 0 Å². The molecule has 0 saturated carbocycles. The van der Waals surface area contributed by atoms with Crippen LogP contribution in [0.25, 0.3) is 17.1 Å². The zero-order valence-electron chi connectivity index (χ0n) is 16.4. The van der Waals surface area contributed by atoms with Crippen molar-refractivity contribution in [3.63, 3.8) is 0 Å². The molecule has 29 heavy (non-hydrogen) atoms. The Bertz CT molecular complexity index is 1010. The summed E-state index contributed by atoms with van der Waals surface area (Å²) >= 11 is 0. The van der Waals surface area contributed by atoms with Crippen molar-refractivity contribution in [2.24, 2.45) is 0 Å². The zero-order chi connectivity index (χ0) is 20.1. The highest BCUT2D eigenvalue weighted by molar-refractivity contribution is 5.63. The van der Waals surface area contributed by atoms with Gasteiger partial charge >= 0.3 is 0 Å². The zero-order valence-corrected chi connectivity index (χ0v) is 16.4. The number of piperidine rings is 1. The standard InChI is InChI=1S/C20H23N7O2/c1-19-5-6-20(2,25-19)11-14(10-19)29-17-4-3-15(23-24-17)18-16(28)9-13(12-21-18)27-8-7-22-26-27/h3-4,7-9,12,14,25,28H,5-6,10-11H2,1-2H3/t14?,19-,20?/m0/s1. The molecule has 2 aliphatic heterocycles. The minimum atomic E-state index is -0.00301. The van der Waals surface area contributed by atoms with Crippen LogP contribution in [0.1, 0.15) is 39.5 Å². The van der Waals surface area contributed by atoms with Crippen LogP contribution in [0.2, 0.25) is 0 Å². The highest BCUT2D eigenvalue weighted by Crippen LogP contribution is 2.43. The van der Waals surface area contributed by atoms with Gasteiger partial charge in [0, 0.05) is 36.1 Å². The van der Waals surface area contributed by atoms with Crippen LogP contribution in [-0.4, -0.2) is 52.5 Å². The van der Waals surface area contributed by atoms with Gasteiger partial charge in [-0.05, 0) is 32.8 Å². The summed E-state index contributed by atoms with van der Waals surface area (Å²) in [5.41, 5.74) is 1.70. The van der Waals surface area contributed by atoms with Crippen molar-refractivity contribution in [3.8, 4) is 28.7 Å². The second-order valence-electron chi connectivity index (χ2n) is 8.56. The molecule has 9 heteroatoms. The van der Waals surface area contributed by atoms with Crippen molar-refractivity contribution in [2.75, 3.05) is 0 Å². The van der Waals surface area contributed by atoms with E-state index in [-0.39, 0.29) is 22.9 Å². The van der Waals surface area contributed by atoms with E-state index in [2.05, 4.69) is 44.7 Å². The highest BCUT2D eigenvalue weighted by atomic mass is 16.5. The van der Waals surface area contributed by atoms with Gasteiger partial charge in [0.25, 0.3) is 0 Å². The molecule has 2 unspecified atom stereocenters. The first-order valence-corrected chi connectivity index (χ1v) is 9.77. The van der Waals surface area contributed by atoms with Crippen LogP contribution < -0.4 is 10.1 Å². The van der Waals surface area contributed by atoms with Crippen molar-refractivity contribution in [2.45, 2.75) is 56.7 Å². The topological polar surface area (TPSA) is 111 Å². The normalized spacial score (nSPS) is 28.4. The number of hydrogen-bond acceptors (Lipinski definition) is 8. The van der Waals surface area contributed by atoms with Gasteiger partial charge in [0.2, 0.25) is 5.88 Å². The molecule has 2 N–H and O–H groups in total. The number of nitrogens with zero attached hydrogens (tertiary/aromatic N) is 6. The van der Waals surface area contributed by atoms with Gasteiger partial charge in [0.05, 0.1) is 24.3 Å². The summed E-state index contributed by atoms with van der Waals surface area (Å²) in [6.45, 7) is 4.53. The second-order valence-corrected chi connectivity index (χ2v) is 8.56. The van der Waals surface area contributed by atoms with Gasteiger partial charge in [-0.2, -0.15) is 0 Å². The summed E-state index contributed by atoms with van der Waals surface area (Å²) in [4.78, 5) is 4.31. The molecule has 2 saturated heterocycles. The molecule has 5 heterocycles. The molecule has 0 spiro atoms. The average molecular weight is 393 g/mol. The fraction of sp³-hybridized carbons (Fsp3) is 0.450. The SMILES string of the molecule is CC12CC[C@@](C)(CC(Oc3ccc(-c4ncc(-n5ccnn5)cc4O)nn3)C1)N2. The van der Waals surface area contributed by atoms with Crippen molar-refractivity contribution >= 4 is 0 Å². The van der Waals surface area contributed by atoms with E-state index in [4.69, 9.17) is 4.74 Å². The van der Waals surface area contributed by atoms with Crippen LogP contribution in [0.5, 0.6) is 11.6 Å². The van der Waals surface area contributed by atoms with E-state index in [0.717, 1.165) is 12.8 Å². The molecule has 2 bridgehead atoms. The Morgan fingerprint density at radius 3 is 2.59 bits per heavy atom. The predicted molar refractivity (Wildman–Crippen MR) is 105 cm³/mol. The van der Waals surface area contributed by atoms with E-state index in [9.17, 15) is 5.11 Å². The molecular weight excluding hydrogens is 370 g/mol. The monoisotopic (exact) mass is 393 g/mol. The van der Waals surface area contributed by atoms with Gasteiger partial charge in [0.1, 0.15) is 23.2 Å². The fourth-order valence-electron chi connectivity index (χ4n) is 4.66. The first kappa shape index (κ1) is 18.0. The van der Waals surface area contributed by atoms with Gasteiger partial charge in [-0.25, -0.2) is 9.67 Å². The van der Waals surface area contributed by atoms with E-state index in [1.54, 1.807) is 36.8 Å².